The molecule has 0 aromatic heterocycles. The third-order valence-corrected chi connectivity index (χ3v) is 9.92. The van der Waals surface area contributed by atoms with E-state index in [9.17, 15) is 5.11 Å². The fourth-order valence-electron chi connectivity index (χ4n) is 8.21. The number of fused-ring (bicyclic) bond motifs is 5. The molecule has 0 radical (unpaired) electrons. The van der Waals surface area contributed by atoms with Crippen molar-refractivity contribution < 1.29 is 5.11 Å². The van der Waals surface area contributed by atoms with Gasteiger partial charge in [-0.15, -0.1) is 0 Å². The summed E-state index contributed by atoms with van der Waals surface area (Å²) in [5.74, 6) is 10.0. The molecule has 1 aromatic rings. The molecule has 7 atom stereocenters. The van der Waals surface area contributed by atoms with Crippen molar-refractivity contribution in [1.82, 2.24) is 0 Å². The van der Waals surface area contributed by atoms with Crippen LogP contribution in [0.3, 0.4) is 0 Å². The van der Waals surface area contributed by atoms with E-state index in [2.05, 4.69) is 25.7 Å². The van der Waals surface area contributed by atoms with Gasteiger partial charge in [-0.25, -0.2) is 0 Å². The van der Waals surface area contributed by atoms with Gasteiger partial charge in [-0.1, -0.05) is 56.7 Å². The Kier molecular flexibility index (Phi) is 4.44. The van der Waals surface area contributed by atoms with Crippen LogP contribution in [0.2, 0.25) is 0 Å². The second kappa shape index (κ2) is 6.63. The fourth-order valence-corrected chi connectivity index (χ4v) is 8.21. The van der Waals surface area contributed by atoms with Crippen LogP contribution in [0.25, 0.3) is 0 Å². The highest BCUT2D eigenvalue weighted by Gasteiger charge is 2.64. The topological polar surface area (TPSA) is 20.2 Å². The van der Waals surface area contributed by atoms with Crippen molar-refractivity contribution in [2.24, 2.45) is 34.5 Å². The molecule has 1 N–H and O–H groups in total. The van der Waals surface area contributed by atoms with Crippen LogP contribution >= 0.6 is 0 Å². The lowest BCUT2D eigenvalue weighted by Crippen LogP contribution is -2.55. The van der Waals surface area contributed by atoms with Crippen molar-refractivity contribution in [3.8, 4) is 11.8 Å². The normalized spacial score (nSPS) is 47.2. The molecule has 0 amide bonds. The molecule has 0 heterocycles. The van der Waals surface area contributed by atoms with Crippen LogP contribution in [-0.2, 0) is 0 Å². The molecule has 0 spiro atoms. The first-order chi connectivity index (χ1) is 13.5. The average Bonchev–Trinajstić information content (AvgIpc) is 2.98. The monoisotopic (exact) mass is 376 g/mol. The predicted octanol–water partition coefficient (Wildman–Crippen LogP) is 6.20. The van der Waals surface area contributed by atoms with Crippen molar-refractivity contribution in [1.29, 1.82) is 0 Å². The van der Waals surface area contributed by atoms with Crippen LogP contribution in [0.4, 0.5) is 0 Å². The van der Waals surface area contributed by atoms with E-state index in [0.717, 1.165) is 36.2 Å². The molecule has 4 saturated carbocycles. The summed E-state index contributed by atoms with van der Waals surface area (Å²) >= 11 is 0. The molecule has 0 aliphatic heterocycles. The molecule has 0 unspecified atom stereocenters. The standard InChI is InChI=1S/C27H36O/c1-25-16-7-6-10-21(25)11-12-22-23(25)14-17-26(2)24(22)15-19-27(26,28)18-13-20-8-4-3-5-9-20/h3-5,8-9,21-24,28H,6-7,10-12,14-17,19H2,1-2H3/t21-,22+,23+,24-,25+,26+,27-/m1/s1. The first-order valence-corrected chi connectivity index (χ1v) is 11.8. The van der Waals surface area contributed by atoms with Gasteiger partial charge in [-0.3, -0.25) is 0 Å². The smallest absolute Gasteiger partial charge is 0.131 e. The average molecular weight is 377 g/mol. The fraction of sp³-hybridized carbons (Fsp3) is 0.704. The van der Waals surface area contributed by atoms with Crippen LogP contribution in [0, 0.1) is 46.3 Å². The van der Waals surface area contributed by atoms with Crippen LogP contribution in [-0.4, -0.2) is 10.7 Å². The van der Waals surface area contributed by atoms with Gasteiger partial charge >= 0.3 is 0 Å². The van der Waals surface area contributed by atoms with E-state index in [-0.39, 0.29) is 5.41 Å². The zero-order valence-electron chi connectivity index (χ0n) is 17.7. The van der Waals surface area contributed by atoms with E-state index in [4.69, 9.17) is 0 Å². The van der Waals surface area contributed by atoms with Gasteiger partial charge in [0.2, 0.25) is 0 Å². The minimum atomic E-state index is -0.817. The summed E-state index contributed by atoms with van der Waals surface area (Å²) in [5, 5.41) is 11.7. The van der Waals surface area contributed by atoms with E-state index in [1.54, 1.807) is 0 Å². The molecular formula is C27H36O. The summed E-state index contributed by atoms with van der Waals surface area (Å²) in [6.45, 7) is 5.00. The SMILES string of the molecule is C[C@]12CCCC[C@@H]1CC[C@@H]1[C@H]3CC[C@](O)(C#Cc4ccccc4)[C@@]3(C)CC[C@@H]12. The minimum absolute atomic E-state index is 0.0339. The van der Waals surface area contributed by atoms with Crippen LogP contribution < -0.4 is 0 Å². The summed E-state index contributed by atoms with van der Waals surface area (Å²) in [6.07, 6.45) is 13.1. The van der Waals surface area contributed by atoms with Crippen LogP contribution in [0.1, 0.15) is 83.6 Å². The summed E-state index contributed by atoms with van der Waals surface area (Å²) in [5.41, 5.74) is 0.738. The van der Waals surface area contributed by atoms with Gasteiger partial charge in [0.1, 0.15) is 5.60 Å². The van der Waals surface area contributed by atoms with Gasteiger partial charge < -0.3 is 5.11 Å². The lowest BCUT2D eigenvalue weighted by molar-refractivity contribution is -0.134. The maximum atomic E-state index is 11.7. The molecule has 28 heavy (non-hydrogen) atoms. The molecule has 5 rings (SSSR count). The molecule has 4 aliphatic rings. The lowest BCUT2D eigenvalue weighted by atomic mass is 9.44. The number of rotatable bonds is 0. The van der Waals surface area contributed by atoms with Gasteiger partial charge in [0.05, 0.1) is 0 Å². The molecule has 1 nitrogen and oxygen atoms in total. The third kappa shape index (κ3) is 2.64. The second-order valence-electron chi connectivity index (χ2n) is 10.9. The Morgan fingerprint density at radius 3 is 2.46 bits per heavy atom. The summed E-state index contributed by atoms with van der Waals surface area (Å²) in [6, 6.07) is 10.2. The third-order valence-electron chi connectivity index (χ3n) is 9.92. The van der Waals surface area contributed by atoms with Crippen molar-refractivity contribution in [2.75, 3.05) is 0 Å². The Morgan fingerprint density at radius 1 is 0.857 bits per heavy atom. The largest absolute Gasteiger partial charge is 0.377 e. The van der Waals surface area contributed by atoms with Gasteiger partial charge in [-0.05, 0) is 92.6 Å². The van der Waals surface area contributed by atoms with Crippen molar-refractivity contribution in [3.63, 3.8) is 0 Å². The van der Waals surface area contributed by atoms with Gasteiger partial charge in [0, 0.05) is 11.0 Å². The van der Waals surface area contributed by atoms with Gasteiger partial charge in [-0.2, -0.15) is 0 Å². The minimum Gasteiger partial charge on any atom is -0.377 e. The van der Waals surface area contributed by atoms with Gasteiger partial charge in [0.25, 0.3) is 0 Å². The van der Waals surface area contributed by atoms with E-state index in [1.165, 1.54) is 51.4 Å². The highest BCUT2D eigenvalue weighted by molar-refractivity contribution is 5.38. The molecule has 4 fully saturated rings. The molecule has 150 valence electrons. The number of hydrogen-bond donors (Lipinski definition) is 1. The highest BCUT2D eigenvalue weighted by atomic mass is 16.3. The van der Waals surface area contributed by atoms with Crippen molar-refractivity contribution >= 4 is 0 Å². The maximum Gasteiger partial charge on any atom is 0.131 e. The Morgan fingerprint density at radius 2 is 1.64 bits per heavy atom. The number of aliphatic hydroxyl groups is 1. The molecule has 1 heteroatoms. The first kappa shape index (κ1) is 18.7. The quantitative estimate of drug-likeness (QED) is 0.534. The Balaban J connectivity index is 1.43. The summed E-state index contributed by atoms with van der Waals surface area (Å²) in [7, 11) is 0. The Hall–Kier alpha value is -1.26. The number of hydrogen-bond acceptors (Lipinski definition) is 1. The Bertz CT molecular complexity index is 787. The maximum absolute atomic E-state index is 11.7. The summed E-state index contributed by atoms with van der Waals surface area (Å²) < 4.78 is 0. The van der Waals surface area contributed by atoms with Gasteiger partial charge in [0.15, 0.2) is 0 Å². The van der Waals surface area contributed by atoms with E-state index < -0.39 is 5.60 Å². The molecular weight excluding hydrogens is 340 g/mol. The van der Waals surface area contributed by atoms with Crippen LogP contribution in [0.15, 0.2) is 30.3 Å². The predicted molar refractivity (Wildman–Crippen MR) is 115 cm³/mol. The van der Waals surface area contributed by atoms with Crippen molar-refractivity contribution in [2.45, 2.75) is 83.7 Å². The Labute approximate surface area is 171 Å². The molecule has 4 aliphatic carbocycles. The zero-order valence-corrected chi connectivity index (χ0v) is 17.7. The van der Waals surface area contributed by atoms with E-state index in [0.29, 0.717) is 11.3 Å². The first-order valence-electron chi connectivity index (χ1n) is 11.8. The van der Waals surface area contributed by atoms with E-state index in [1.807, 2.05) is 30.3 Å². The van der Waals surface area contributed by atoms with Crippen LogP contribution in [0.5, 0.6) is 0 Å². The highest BCUT2D eigenvalue weighted by Crippen LogP contribution is 2.68. The summed E-state index contributed by atoms with van der Waals surface area (Å²) in [4.78, 5) is 0. The number of benzene rings is 1. The molecule has 1 aromatic carbocycles. The second-order valence-corrected chi connectivity index (χ2v) is 10.9. The molecule has 0 saturated heterocycles. The van der Waals surface area contributed by atoms with Crippen molar-refractivity contribution in [3.05, 3.63) is 35.9 Å². The lowest BCUT2D eigenvalue weighted by Gasteiger charge is -2.60. The molecule has 0 bridgehead atoms. The zero-order chi connectivity index (χ0) is 19.4. The van der Waals surface area contributed by atoms with E-state index >= 15 is 0 Å².